The maximum Gasteiger partial charge on any atom is 0.256 e. The Morgan fingerprint density at radius 3 is 1.30 bits per heavy atom. The summed E-state index contributed by atoms with van der Waals surface area (Å²) in [7, 11) is 0. The first-order valence-electron chi connectivity index (χ1n) is 20.4. The quantitative estimate of drug-likeness (QED) is 0.168. The van der Waals surface area contributed by atoms with Gasteiger partial charge in [-0.2, -0.15) is 0 Å². The van der Waals surface area contributed by atoms with Crippen molar-refractivity contribution in [2.45, 2.75) is 0 Å². The molecule has 4 aliphatic rings. The fraction of sp³-hybridized carbons (Fsp3) is 0. The van der Waals surface area contributed by atoms with Crippen LogP contribution in [0.3, 0.4) is 0 Å². The topological polar surface area (TPSA) is 51.6 Å². The molecule has 0 saturated carbocycles. The Kier molecular flexibility index (Phi) is 7.06. The van der Waals surface area contributed by atoms with E-state index in [1.54, 1.807) is 0 Å². The summed E-state index contributed by atoms with van der Waals surface area (Å²) in [5.74, 6) is 1.86. The number of rotatable bonds is 4. The van der Waals surface area contributed by atoms with Gasteiger partial charge in [0, 0.05) is 81.7 Å². The second-order valence-corrected chi connectivity index (χ2v) is 15.6. The summed E-state index contributed by atoms with van der Waals surface area (Å²) < 4.78 is 0. The fourth-order valence-electron chi connectivity index (χ4n) is 10.3. The number of pyridine rings is 3. The van der Waals surface area contributed by atoms with Gasteiger partial charge in [-0.3, -0.25) is 14.8 Å². The zero-order valence-corrected chi connectivity index (χ0v) is 32.3. The monoisotopic (exact) mass is 765 g/mol. The molecule has 0 atom stereocenters. The summed E-state index contributed by atoms with van der Waals surface area (Å²) in [6, 6.07) is 63.1. The van der Waals surface area contributed by atoms with E-state index in [1.165, 1.54) is 21.9 Å². The van der Waals surface area contributed by atoms with E-state index < -0.39 is 0 Å². The van der Waals surface area contributed by atoms with Gasteiger partial charge in [-0.25, -0.2) is 9.97 Å². The molecule has 0 N–H and O–H groups in total. The van der Waals surface area contributed by atoms with Crippen molar-refractivity contribution >= 4 is 115 Å². The molecule has 9 aromatic rings. The lowest BCUT2D eigenvalue weighted by atomic mass is 9.30. The Bertz CT molecular complexity index is 2940. The van der Waals surface area contributed by atoms with E-state index in [4.69, 9.17) is 15.0 Å². The minimum atomic E-state index is -0.132. The molecule has 3 aromatic heterocycles. The minimum absolute atomic E-state index is 0.0853. The number of fused-ring (bicyclic) bond motifs is 8. The molecule has 0 aliphatic carbocycles. The van der Waals surface area contributed by atoms with E-state index in [9.17, 15) is 0 Å². The summed E-state index contributed by atoms with van der Waals surface area (Å²) >= 11 is 0. The van der Waals surface area contributed by atoms with Crippen molar-refractivity contribution in [2.75, 3.05) is 19.6 Å². The summed E-state index contributed by atoms with van der Waals surface area (Å²) in [6.07, 6.45) is 7.91. The van der Waals surface area contributed by atoms with Crippen molar-refractivity contribution in [2.24, 2.45) is 0 Å². The number of aromatic nitrogens is 3. The lowest BCUT2D eigenvalue weighted by molar-refractivity contribution is 1.16. The Labute approximate surface area is 348 Å². The highest BCUT2D eigenvalue weighted by atomic mass is 15.2. The second-order valence-electron chi connectivity index (χ2n) is 15.6. The molecule has 6 aromatic carbocycles. The van der Waals surface area contributed by atoms with Gasteiger partial charge >= 0.3 is 0 Å². The lowest BCUT2D eigenvalue weighted by Crippen LogP contribution is -2.65. The van der Waals surface area contributed by atoms with Gasteiger partial charge in [-0.05, 0) is 112 Å². The molecule has 4 aliphatic heterocycles. The van der Waals surface area contributed by atoms with Crippen LogP contribution in [0.2, 0.25) is 0 Å². The fourth-order valence-corrected chi connectivity index (χ4v) is 10.3. The van der Waals surface area contributed by atoms with Crippen LogP contribution >= 0.6 is 0 Å². The molecule has 0 spiro atoms. The molecule has 7 nitrogen and oxygen atoms in total. The summed E-state index contributed by atoms with van der Waals surface area (Å²) in [6.45, 7) is -0.218. The smallest absolute Gasteiger partial charge is 0.256 e. The summed E-state index contributed by atoms with van der Waals surface area (Å²) in [5, 5.41) is 0. The van der Waals surface area contributed by atoms with E-state index in [1.807, 2.05) is 18.6 Å². The first-order valence-corrected chi connectivity index (χ1v) is 20.4. The molecule has 60 heavy (non-hydrogen) atoms. The third-order valence-corrected chi connectivity index (χ3v) is 12.6. The zero-order chi connectivity index (χ0) is 39.3. The maximum atomic E-state index is 5.27. The van der Waals surface area contributed by atoms with Crippen molar-refractivity contribution in [3.8, 4) is 0 Å². The molecule has 0 bridgehead atoms. The highest BCUT2D eigenvalue weighted by Crippen LogP contribution is 2.47. The molecule has 0 unspecified atom stereocenters. The largest absolute Gasteiger partial charge is 0.311 e. The van der Waals surface area contributed by atoms with E-state index in [0.717, 1.165) is 79.4 Å². The van der Waals surface area contributed by atoms with Crippen molar-refractivity contribution < 1.29 is 0 Å². The van der Waals surface area contributed by atoms with Gasteiger partial charge in [-0.1, -0.05) is 97.1 Å². The molecular weight excluding hydrogens is 732 g/mol. The van der Waals surface area contributed by atoms with Crippen molar-refractivity contribution in [1.82, 2.24) is 15.0 Å². The van der Waals surface area contributed by atoms with Gasteiger partial charge in [-0.15, -0.1) is 0 Å². The van der Waals surface area contributed by atoms with E-state index in [2.05, 4.69) is 202 Å². The molecule has 278 valence electrons. The number of anilines is 12. The Morgan fingerprint density at radius 2 is 0.733 bits per heavy atom. The number of hydrogen-bond donors (Lipinski definition) is 0. The second kappa shape index (κ2) is 12.8. The molecule has 0 saturated heterocycles. The van der Waals surface area contributed by atoms with E-state index in [-0.39, 0.29) is 13.4 Å². The van der Waals surface area contributed by atoms with Gasteiger partial charge in [0.1, 0.15) is 11.6 Å². The molecular formula is C51H33B2N7. The predicted octanol–water partition coefficient (Wildman–Crippen LogP) is 8.04. The summed E-state index contributed by atoms with van der Waals surface area (Å²) in [5.41, 5.74) is 18.2. The van der Waals surface area contributed by atoms with Crippen LogP contribution in [0.4, 0.5) is 68.5 Å². The van der Waals surface area contributed by atoms with Crippen LogP contribution in [-0.2, 0) is 0 Å². The molecule has 0 radical (unpaired) electrons. The van der Waals surface area contributed by atoms with Crippen LogP contribution in [-0.4, -0.2) is 28.4 Å². The van der Waals surface area contributed by atoms with Crippen LogP contribution in [0.5, 0.6) is 0 Å². The SMILES string of the molecule is c1ccc(N2c3cc4c(cc3B3c5ccccc5N(c5ccccc5)c5nccc2c53)B2c3cnccc3N(c3ccccc3)c3ccnc(c32)N4c2ccccc2)cc1. The highest BCUT2D eigenvalue weighted by Gasteiger charge is 2.48. The average Bonchev–Trinajstić information content (AvgIpc) is 3.32. The third-order valence-electron chi connectivity index (χ3n) is 12.6. The number of hydrogen-bond acceptors (Lipinski definition) is 7. The van der Waals surface area contributed by atoms with Crippen molar-refractivity contribution in [3.63, 3.8) is 0 Å². The van der Waals surface area contributed by atoms with Crippen LogP contribution in [0.15, 0.2) is 201 Å². The lowest BCUT2D eigenvalue weighted by Gasteiger charge is -2.46. The van der Waals surface area contributed by atoms with Crippen molar-refractivity contribution in [1.29, 1.82) is 0 Å². The molecule has 13 rings (SSSR count). The van der Waals surface area contributed by atoms with Gasteiger partial charge in [0.05, 0.1) is 0 Å². The highest BCUT2D eigenvalue weighted by molar-refractivity contribution is 7.03. The number of benzene rings is 6. The first-order chi connectivity index (χ1) is 29.8. The molecule has 7 heterocycles. The standard InChI is InChI=1S/C51H33B2N7/c1-5-15-34(16-6-1)57-43-25-28-54-33-41(43)53-40-31-39-46(32-47(40)60(37-21-11-4-12-22-37)51-49(53)44(57)26-29-56-51)58(35-17-7-2-8-18-35)45-27-30-55-50-48(45)52(39)38-23-13-14-24-42(38)59(50)36-19-9-3-10-20-36/h1-33H. The summed E-state index contributed by atoms with van der Waals surface area (Å²) in [4.78, 5) is 24.8. The normalized spacial score (nSPS) is 13.8. The van der Waals surface area contributed by atoms with Crippen LogP contribution < -0.4 is 52.4 Å². The number of nitrogens with zero attached hydrogens (tertiary/aromatic N) is 7. The Morgan fingerprint density at radius 1 is 0.317 bits per heavy atom. The van der Waals surface area contributed by atoms with Gasteiger partial charge in [0.15, 0.2) is 0 Å². The van der Waals surface area contributed by atoms with E-state index >= 15 is 0 Å². The maximum absolute atomic E-state index is 5.27. The van der Waals surface area contributed by atoms with E-state index in [0.29, 0.717) is 0 Å². The van der Waals surface area contributed by atoms with Gasteiger partial charge in [0.2, 0.25) is 0 Å². The molecule has 0 fully saturated rings. The Balaban J connectivity index is 1.14. The zero-order valence-electron chi connectivity index (χ0n) is 32.3. The molecule has 9 heteroatoms. The average molecular weight is 765 g/mol. The van der Waals surface area contributed by atoms with Crippen molar-refractivity contribution in [3.05, 3.63) is 201 Å². The minimum Gasteiger partial charge on any atom is -0.311 e. The van der Waals surface area contributed by atoms with Crippen LogP contribution in [0.25, 0.3) is 0 Å². The number of para-hydroxylation sites is 5. The van der Waals surface area contributed by atoms with Crippen LogP contribution in [0.1, 0.15) is 0 Å². The van der Waals surface area contributed by atoms with Gasteiger partial charge in [0.25, 0.3) is 13.4 Å². The molecule has 0 amide bonds. The first kappa shape index (κ1) is 33.1. The predicted molar refractivity (Wildman–Crippen MR) is 248 cm³/mol. The third kappa shape index (κ3) is 4.60. The van der Waals surface area contributed by atoms with Crippen LogP contribution in [0, 0.1) is 0 Å². The van der Waals surface area contributed by atoms with Gasteiger partial charge < -0.3 is 9.80 Å². The Hall–Kier alpha value is -7.90.